The molecular formula is C14H22N4O3. The second-order valence-corrected chi connectivity index (χ2v) is 5.69. The third-order valence-corrected chi connectivity index (χ3v) is 4.15. The van der Waals surface area contributed by atoms with Crippen LogP contribution in [0.25, 0.3) is 0 Å². The SMILES string of the molecule is CC1CCCC1CNC(=O)NC(Cc1cnc[nH]1)C(=O)O. The summed E-state index contributed by atoms with van der Waals surface area (Å²) < 4.78 is 0. The molecule has 3 unspecified atom stereocenters. The zero-order chi connectivity index (χ0) is 15.2. The van der Waals surface area contributed by atoms with Crippen molar-refractivity contribution in [1.82, 2.24) is 20.6 Å². The highest BCUT2D eigenvalue weighted by Crippen LogP contribution is 2.30. The quantitative estimate of drug-likeness (QED) is 0.631. The Labute approximate surface area is 123 Å². The number of nitrogens with one attached hydrogen (secondary N) is 3. The number of hydrogen-bond acceptors (Lipinski definition) is 3. The molecule has 0 radical (unpaired) electrons. The maximum Gasteiger partial charge on any atom is 0.326 e. The van der Waals surface area contributed by atoms with Crippen molar-refractivity contribution in [1.29, 1.82) is 0 Å². The fourth-order valence-corrected chi connectivity index (χ4v) is 2.77. The van der Waals surface area contributed by atoms with Crippen LogP contribution in [0.2, 0.25) is 0 Å². The van der Waals surface area contributed by atoms with Gasteiger partial charge in [-0.25, -0.2) is 14.6 Å². The van der Waals surface area contributed by atoms with E-state index in [4.69, 9.17) is 5.11 Å². The molecule has 0 saturated heterocycles. The number of urea groups is 1. The van der Waals surface area contributed by atoms with E-state index in [0.717, 1.165) is 6.42 Å². The molecular weight excluding hydrogens is 272 g/mol. The molecule has 0 aliphatic heterocycles. The molecule has 1 aromatic heterocycles. The van der Waals surface area contributed by atoms with Gasteiger partial charge in [-0.1, -0.05) is 19.8 Å². The van der Waals surface area contributed by atoms with E-state index in [1.54, 1.807) is 6.20 Å². The lowest BCUT2D eigenvalue weighted by molar-refractivity contribution is -0.139. The summed E-state index contributed by atoms with van der Waals surface area (Å²) in [6.07, 6.45) is 6.74. The Morgan fingerprint density at radius 1 is 1.52 bits per heavy atom. The van der Waals surface area contributed by atoms with E-state index >= 15 is 0 Å². The van der Waals surface area contributed by atoms with Gasteiger partial charge in [0.05, 0.1) is 6.33 Å². The fourth-order valence-electron chi connectivity index (χ4n) is 2.77. The van der Waals surface area contributed by atoms with Gasteiger partial charge in [0.2, 0.25) is 0 Å². The van der Waals surface area contributed by atoms with Gasteiger partial charge in [-0.15, -0.1) is 0 Å². The van der Waals surface area contributed by atoms with E-state index < -0.39 is 18.0 Å². The minimum atomic E-state index is -1.06. The second-order valence-electron chi connectivity index (χ2n) is 5.69. The molecule has 3 atom stereocenters. The number of nitrogens with zero attached hydrogens (tertiary/aromatic N) is 1. The Kier molecular flexibility index (Phi) is 5.19. The number of carboxylic acids is 1. The first-order valence-electron chi connectivity index (χ1n) is 7.30. The molecule has 0 spiro atoms. The predicted octanol–water partition coefficient (Wildman–Crippen LogP) is 1.14. The summed E-state index contributed by atoms with van der Waals surface area (Å²) in [7, 11) is 0. The van der Waals surface area contributed by atoms with Gasteiger partial charge in [0.15, 0.2) is 0 Å². The highest BCUT2D eigenvalue weighted by molar-refractivity contribution is 5.82. The third kappa shape index (κ3) is 4.47. The Balaban J connectivity index is 1.79. The zero-order valence-corrected chi connectivity index (χ0v) is 12.1. The number of aromatic nitrogens is 2. The van der Waals surface area contributed by atoms with Crippen molar-refractivity contribution in [3.8, 4) is 0 Å². The second kappa shape index (κ2) is 7.10. The molecule has 2 amide bonds. The lowest BCUT2D eigenvalue weighted by atomic mass is 9.98. The Morgan fingerprint density at radius 3 is 2.90 bits per heavy atom. The number of rotatable bonds is 6. The Hall–Kier alpha value is -2.05. The molecule has 1 aliphatic rings. The average Bonchev–Trinajstić information content (AvgIpc) is 3.07. The first-order chi connectivity index (χ1) is 10.1. The van der Waals surface area contributed by atoms with E-state index in [1.165, 1.54) is 19.2 Å². The average molecular weight is 294 g/mol. The van der Waals surface area contributed by atoms with E-state index in [1.807, 2.05) is 0 Å². The van der Waals surface area contributed by atoms with E-state index in [2.05, 4.69) is 27.5 Å². The van der Waals surface area contributed by atoms with Crippen LogP contribution >= 0.6 is 0 Å². The number of aromatic amines is 1. The molecule has 116 valence electrons. The fraction of sp³-hybridized carbons (Fsp3) is 0.643. The molecule has 1 aliphatic carbocycles. The molecule has 1 saturated carbocycles. The van der Waals surface area contributed by atoms with Gasteiger partial charge in [0.25, 0.3) is 0 Å². The highest BCUT2D eigenvalue weighted by Gasteiger charge is 2.25. The molecule has 21 heavy (non-hydrogen) atoms. The number of carbonyl (C=O) groups is 2. The number of carboxylic acid groups (broad SMARTS) is 1. The predicted molar refractivity (Wildman–Crippen MR) is 76.8 cm³/mol. The largest absolute Gasteiger partial charge is 0.480 e. The number of amides is 2. The van der Waals surface area contributed by atoms with Crippen molar-refractivity contribution in [2.24, 2.45) is 11.8 Å². The van der Waals surface area contributed by atoms with Crippen molar-refractivity contribution in [3.05, 3.63) is 18.2 Å². The minimum absolute atomic E-state index is 0.183. The minimum Gasteiger partial charge on any atom is -0.480 e. The molecule has 0 bridgehead atoms. The summed E-state index contributed by atoms with van der Waals surface area (Å²) in [6, 6.07) is -1.40. The van der Waals surface area contributed by atoms with E-state index in [-0.39, 0.29) is 6.42 Å². The lowest BCUT2D eigenvalue weighted by Gasteiger charge is -2.18. The number of aliphatic carboxylic acids is 1. The van der Waals surface area contributed by atoms with Crippen molar-refractivity contribution < 1.29 is 14.7 Å². The van der Waals surface area contributed by atoms with Crippen LogP contribution in [0.3, 0.4) is 0 Å². The molecule has 4 N–H and O–H groups in total. The molecule has 7 heteroatoms. The molecule has 2 rings (SSSR count). The molecule has 1 heterocycles. The Bertz CT molecular complexity index is 475. The highest BCUT2D eigenvalue weighted by atomic mass is 16.4. The van der Waals surface area contributed by atoms with Crippen LogP contribution in [0, 0.1) is 11.8 Å². The smallest absolute Gasteiger partial charge is 0.326 e. The van der Waals surface area contributed by atoms with Crippen molar-refractivity contribution in [2.45, 2.75) is 38.6 Å². The first kappa shape index (κ1) is 15.3. The lowest BCUT2D eigenvalue weighted by Crippen LogP contribution is -2.48. The van der Waals surface area contributed by atoms with Crippen molar-refractivity contribution >= 4 is 12.0 Å². The van der Waals surface area contributed by atoms with Crippen molar-refractivity contribution in [3.63, 3.8) is 0 Å². The number of hydrogen-bond donors (Lipinski definition) is 4. The van der Waals surface area contributed by atoms with Crippen LogP contribution in [-0.2, 0) is 11.2 Å². The van der Waals surface area contributed by atoms with Crippen molar-refractivity contribution in [2.75, 3.05) is 6.54 Å². The van der Waals surface area contributed by atoms with Crippen LogP contribution < -0.4 is 10.6 Å². The summed E-state index contributed by atoms with van der Waals surface area (Å²) in [5.74, 6) is 0.0474. The van der Waals surface area contributed by atoms with Gasteiger partial charge < -0.3 is 20.7 Å². The molecule has 7 nitrogen and oxygen atoms in total. The molecule has 1 aromatic rings. The zero-order valence-electron chi connectivity index (χ0n) is 12.1. The standard InChI is InChI=1S/C14H22N4O3/c1-9-3-2-4-10(9)6-16-14(21)18-12(13(19)20)5-11-7-15-8-17-11/h7-10,12H,2-6H2,1H3,(H,15,17)(H,19,20)(H2,16,18,21). The number of imidazole rings is 1. The van der Waals surface area contributed by atoms with Gasteiger partial charge in [-0.2, -0.15) is 0 Å². The van der Waals surface area contributed by atoms with Crippen LogP contribution in [0.1, 0.15) is 31.9 Å². The monoisotopic (exact) mass is 294 g/mol. The number of carbonyl (C=O) groups excluding carboxylic acids is 1. The normalized spacial score (nSPS) is 22.7. The summed E-state index contributed by atoms with van der Waals surface area (Å²) in [4.78, 5) is 29.7. The molecule has 0 aromatic carbocycles. The molecule has 1 fully saturated rings. The summed E-state index contributed by atoms with van der Waals surface area (Å²) in [5.41, 5.74) is 0.673. The van der Waals surface area contributed by atoms with Gasteiger partial charge in [-0.3, -0.25) is 0 Å². The van der Waals surface area contributed by atoms with Crippen LogP contribution in [0.5, 0.6) is 0 Å². The van der Waals surface area contributed by atoms with E-state index in [9.17, 15) is 9.59 Å². The van der Waals surface area contributed by atoms with Gasteiger partial charge >= 0.3 is 12.0 Å². The van der Waals surface area contributed by atoms with Crippen LogP contribution in [0.4, 0.5) is 4.79 Å². The first-order valence-corrected chi connectivity index (χ1v) is 7.30. The Morgan fingerprint density at radius 2 is 2.33 bits per heavy atom. The van der Waals surface area contributed by atoms with E-state index in [0.29, 0.717) is 24.1 Å². The van der Waals surface area contributed by atoms with Crippen LogP contribution in [-0.4, -0.2) is 39.7 Å². The summed E-state index contributed by atoms with van der Waals surface area (Å²) in [6.45, 7) is 2.79. The van der Waals surface area contributed by atoms with Gasteiger partial charge in [0.1, 0.15) is 6.04 Å². The van der Waals surface area contributed by atoms with Gasteiger partial charge in [0, 0.05) is 24.9 Å². The van der Waals surface area contributed by atoms with Gasteiger partial charge in [-0.05, 0) is 18.3 Å². The third-order valence-electron chi connectivity index (χ3n) is 4.15. The maximum absolute atomic E-state index is 11.8. The topological polar surface area (TPSA) is 107 Å². The maximum atomic E-state index is 11.8. The van der Waals surface area contributed by atoms with Crippen LogP contribution in [0.15, 0.2) is 12.5 Å². The number of H-pyrrole nitrogens is 1. The summed E-state index contributed by atoms with van der Waals surface area (Å²) >= 11 is 0. The summed E-state index contributed by atoms with van der Waals surface area (Å²) in [5, 5.41) is 14.4.